The molecule has 2 aromatic carbocycles. The van der Waals surface area contributed by atoms with E-state index in [2.05, 4.69) is 10.3 Å². The van der Waals surface area contributed by atoms with Crippen LogP contribution in [0.3, 0.4) is 0 Å². The monoisotopic (exact) mass is 363 g/mol. The number of benzene rings is 2. The Kier molecular flexibility index (Phi) is 5.06. The average molecular weight is 363 g/mol. The van der Waals surface area contributed by atoms with Gasteiger partial charge in [-0.25, -0.2) is 4.99 Å². The molecule has 138 valence electrons. The zero-order valence-corrected chi connectivity index (χ0v) is 14.3. The summed E-state index contributed by atoms with van der Waals surface area (Å²) in [6.45, 7) is 0. The summed E-state index contributed by atoms with van der Waals surface area (Å²) in [5.41, 5.74) is 7.02. The van der Waals surface area contributed by atoms with Crippen LogP contribution in [0.2, 0.25) is 0 Å². The van der Waals surface area contributed by atoms with Crippen molar-refractivity contribution < 1.29 is 17.9 Å². The Bertz CT molecular complexity index is 764. The summed E-state index contributed by atoms with van der Waals surface area (Å²) < 4.78 is 42.9. The van der Waals surface area contributed by atoms with Crippen molar-refractivity contribution in [1.29, 1.82) is 0 Å². The predicted molar refractivity (Wildman–Crippen MR) is 95.4 cm³/mol. The van der Waals surface area contributed by atoms with Crippen LogP contribution in [0.25, 0.3) is 0 Å². The van der Waals surface area contributed by atoms with Gasteiger partial charge in [0.25, 0.3) is 0 Å². The van der Waals surface area contributed by atoms with Crippen molar-refractivity contribution in [3.63, 3.8) is 0 Å². The second kappa shape index (κ2) is 7.27. The van der Waals surface area contributed by atoms with Crippen molar-refractivity contribution in [1.82, 2.24) is 0 Å². The van der Waals surface area contributed by atoms with Gasteiger partial charge in [-0.15, -0.1) is 0 Å². The van der Waals surface area contributed by atoms with Gasteiger partial charge in [0.05, 0.1) is 18.7 Å². The molecule has 0 atom stereocenters. The zero-order chi connectivity index (χ0) is 18.7. The first-order valence-electron chi connectivity index (χ1n) is 8.26. The largest absolute Gasteiger partial charge is 0.497 e. The maximum absolute atomic E-state index is 12.6. The summed E-state index contributed by atoms with van der Waals surface area (Å²) >= 11 is 0. The number of anilines is 1. The summed E-state index contributed by atoms with van der Waals surface area (Å²) in [6.07, 6.45) is -2.75. The van der Waals surface area contributed by atoms with Crippen LogP contribution in [0.4, 0.5) is 18.9 Å². The molecule has 2 aromatic rings. The molecule has 0 bridgehead atoms. The van der Waals surface area contributed by atoms with Crippen LogP contribution in [-0.4, -0.2) is 19.1 Å². The van der Waals surface area contributed by atoms with Gasteiger partial charge in [0, 0.05) is 5.69 Å². The SMILES string of the molecule is COc1ccc(NC(N)=NC2CC(c3ccc(C(F)(F)F)cc3)C2)cc1. The number of nitrogens with zero attached hydrogens (tertiary/aromatic N) is 1. The van der Waals surface area contributed by atoms with Crippen LogP contribution in [0, 0.1) is 0 Å². The summed E-state index contributed by atoms with van der Waals surface area (Å²) in [6, 6.07) is 12.8. The van der Waals surface area contributed by atoms with Crippen LogP contribution < -0.4 is 15.8 Å². The maximum atomic E-state index is 12.6. The van der Waals surface area contributed by atoms with Gasteiger partial charge in [0.2, 0.25) is 0 Å². The highest BCUT2D eigenvalue weighted by Gasteiger charge is 2.33. The van der Waals surface area contributed by atoms with Crippen LogP contribution in [0.15, 0.2) is 53.5 Å². The third-order valence-electron chi connectivity index (χ3n) is 4.51. The first-order chi connectivity index (χ1) is 12.3. The van der Waals surface area contributed by atoms with E-state index < -0.39 is 11.7 Å². The number of ether oxygens (including phenoxy) is 1. The Hall–Kier alpha value is -2.70. The lowest BCUT2D eigenvalue weighted by atomic mass is 9.76. The Morgan fingerprint density at radius 3 is 2.23 bits per heavy atom. The molecular weight excluding hydrogens is 343 g/mol. The van der Waals surface area contributed by atoms with Crippen LogP contribution in [-0.2, 0) is 6.18 Å². The highest BCUT2D eigenvalue weighted by Crippen LogP contribution is 2.40. The smallest absolute Gasteiger partial charge is 0.416 e. The predicted octanol–water partition coefficient (Wildman–Crippen LogP) is 4.39. The fourth-order valence-electron chi connectivity index (χ4n) is 2.96. The molecule has 0 aromatic heterocycles. The first kappa shape index (κ1) is 18.1. The molecule has 0 aliphatic heterocycles. The molecule has 1 aliphatic carbocycles. The molecule has 1 aliphatic rings. The number of methoxy groups -OCH3 is 1. The number of guanidine groups is 1. The van der Waals surface area contributed by atoms with Gasteiger partial charge in [-0.1, -0.05) is 12.1 Å². The third kappa shape index (κ3) is 4.28. The van der Waals surface area contributed by atoms with E-state index in [1.807, 2.05) is 24.3 Å². The lowest BCUT2D eigenvalue weighted by molar-refractivity contribution is -0.137. The molecule has 1 fully saturated rings. The van der Waals surface area contributed by atoms with Gasteiger partial charge in [-0.05, 0) is 60.7 Å². The molecule has 26 heavy (non-hydrogen) atoms. The van der Waals surface area contributed by atoms with Crippen LogP contribution in [0.1, 0.15) is 29.9 Å². The number of rotatable bonds is 4. The Morgan fingerprint density at radius 2 is 1.69 bits per heavy atom. The second-order valence-electron chi connectivity index (χ2n) is 6.31. The molecule has 7 heteroatoms. The van der Waals surface area contributed by atoms with Gasteiger partial charge in [-0.3, -0.25) is 0 Å². The summed E-state index contributed by atoms with van der Waals surface area (Å²) in [5, 5.41) is 3.02. The van der Waals surface area contributed by atoms with Gasteiger partial charge in [0.1, 0.15) is 5.75 Å². The number of hydrogen-bond donors (Lipinski definition) is 2. The van der Waals surface area contributed by atoms with Gasteiger partial charge in [-0.2, -0.15) is 13.2 Å². The molecule has 0 unspecified atom stereocenters. The first-order valence-corrected chi connectivity index (χ1v) is 8.26. The molecule has 0 spiro atoms. The van der Waals surface area contributed by atoms with E-state index in [0.717, 1.165) is 42.0 Å². The topological polar surface area (TPSA) is 59.6 Å². The Balaban J connectivity index is 1.53. The molecule has 0 radical (unpaired) electrons. The van der Waals surface area contributed by atoms with E-state index in [-0.39, 0.29) is 12.0 Å². The van der Waals surface area contributed by atoms with E-state index in [0.29, 0.717) is 5.96 Å². The maximum Gasteiger partial charge on any atom is 0.416 e. The minimum Gasteiger partial charge on any atom is -0.497 e. The second-order valence-corrected chi connectivity index (χ2v) is 6.31. The molecule has 0 saturated heterocycles. The van der Waals surface area contributed by atoms with Gasteiger partial charge in [0.15, 0.2) is 5.96 Å². The number of alkyl halides is 3. The van der Waals surface area contributed by atoms with E-state index in [9.17, 15) is 13.2 Å². The van der Waals surface area contributed by atoms with Crippen molar-refractivity contribution in [2.75, 3.05) is 12.4 Å². The lowest BCUT2D eigenvalue weighted by Gasteiger charge is -2.33. The Morgan fingerprint density at radius 1 is 1.08 bits per heavy atom. The van der Waals surface area contributed by atoms with Crippen molar-refractivity contribution in [2.45, 2.75) is 31.0 Å². The van der Waals surface area contributed by atoms with Gasteiger partial charge >= 0.3 is 6.18 Å². The number of nitrogens with two attached hydrogens (primary N) is 1. The average Bonchev–Trinajstić information content (AvgIpc) is 2.58. The lowest BCUT2D eigenvalue weighted by Crippen LogP contribution is -2.31. The zero-order valence-electron chi connectivity index (χ0n) is 14.3. The van der Waals surface area contributed by atoms with Gasteiger partial charge < -0.3 is 15.8 Å². The van der Waals surface area contributed by atoms with Crippen LogP contribution in [0.5, 0.6) is 5.75 Å². The molecule has 3 N–H and O–H groups in total. The number of halogens is 3. The molecule has 0 amide bonds. The quantitative estimate of drug-likeness (QED) is 0.626. The molecule has 1 saturated carbocycles. The number of hydrogen-bond acceptors (Lipinski definition) is 2. The molecule has 3 rings (SSSR count). The molecule has 4 nitrogen and oxygen atoms in total. The fourth-order valence-corrected chi connectivity index (χ4v) is 2.96. The van der Waals surface area contributed by atoms with Crippen molar-refractivity contribution >= 4 is 11.6 Å². The van der Waals surface area contributed by atoms with Crippen molar-refractivity contribution in [3.05, 3.63) is 59.7 Å². The minimum atomic E-state index is -4.30. The highest BCUT2D eigenvalue weighted by molar-refractivity contribution is 5.92. The van der Waals surface area contributed by atoms with Crippen LogP contribution >= 0.6 is 0 Å². The third-order valence-corrected chi connectivity index (χ3v) is 4.51. The normalized spacial score (nSPS) is 20.4. The summed E-state index contributed by atoms with van der Waals surface area (Å²) in [7, 11) is 1.60. The summed E-state index contributed by atoms with van der Waals surface area (Å²) in [5.74, 6) is 1.30. The number of nitrogens with one attached hydrogen (secondary N) is 1. The van der Waals surface area contributed by atoms with E-state index in [1.54, 1.807) is 19.2 Å². The molecular formula is C19H20F3N3O. The van der Waals surface area contributed by atoms with E-state index in [4.69, 9.17) is 10.5 Å². The Labute approximate surface area is 149 Å². The fraction of sp³-hybridized carbons (Fsp3) is 0.316. The number of aliphatic imine (C=N–C) groups is 1. The summed E-state index contributed by atoms with van der Waals surface area (Å²) in [4.78, 5) is 4.42. The van der Waals surface area contributed by atoms with Crippen molar-refractivity contribution in [3.8, 4) is 5.75 Å². The standard InChI is InChI=1S/C19H20F3N3O/c1-26-17-8-6-15(7-9-17)24-18(23)25-16-10-13(11-16)12-2-4-14(5-3-12)19(20,21)22/h2-9,13,16H,10-11H2,1H3,(H3,23,24,25). The highest BCUT2D eigenvalue weighted by atomic mass is 19.4. The van der Waals surface area contributed by atoms with Crippen molar-refractivity contribution in [2.24, 2.45) is 10.7 Å². The van der Waals surface area contributed by atoms with E-state index in [1.165, 1.54) is 0 Å². The minimum absolute atomic E-state index is 0.0769. The molecule has 0 heterocycles. The van der Waals surface area contributed by atoms with E-state index >= 15 is 0 Å².